The fourth-order valence-corrected chi connectivity index (χ4v) is 7.48. The van der Waals surface area contributed by atoms with Gasteiger partial charge < -0.3 is 49.6 Å². The van der Waals surface area contributed by atoms with Crippen molar-refractivity contribution in [1.29, 1.82) is 0 Å². The number of alkyl halides is 4. The summed E-state index contributed by atoms with van der Waals surface area (Å²) >= 11 is -5.05. The van der Waals surface area contributed by atoms with Crippen LogP contribution in [-0.2, 0) is 52.4 Å². The van der Waals surface area contributed by atoms with Crippen LogP contribution in [0.25, 0.3) is 0 Å². The molecule has 5 unspecified atom stereocenters. The van der Waals surface area contributed by atoms with Crippen LogP contribution in [0.3, 0.4) is 0 Å². The molecule has 5 heterocycles. The molecule has 0 aromatic heterocycles. The minimum Gasteiger partial charge on any atom is -0.870 e. The van der Waals surface area contributed by atoms with E-state index in [9.17, 15) is 53.2 Å². The summed E-state index contributed by atoms with van der Waals surface area (Å²) < 4.78 is 116. The van der Waals surface area contributed by atoms with E-state index in [4.69, 9.17) is 39.7 Å². The van der Waals surface area contributed by atoms with E-state index in [2.05, 4.69) is 16.4 Å². The molecule has 0 aromatic carbocycles. The average molecular weight is 1090 g/mol. The van der Waals surface area contributed by atoms with Gasteiger partial charge in [-0.3, -0.25) is 29.7 Å². The number of halogens is 7. The van der Waals surface area contributed by atoms with E-state index in [-0.39, 0.29) is 116 Å². The second-order valence-electron chi connectivity index (χ2n) is 15.9. The van der Waals surface area contributed by atoms with Crippen LogP contribution in [0.4, 0.5) is 29.2 Å². The third-order valence-electron chi connectivity index (χ3n) is 11.1. The van der Waals surface area contributed by atoms with Crippen molar-refractivity contribution < 1.29 is 132 Å². The van der Waals surface area contributed by atoms with Crippen molar-refractivity contribution in [2.75, 3.05) is 66.4 Å². The van der Waals surface area contributed by atoms with Crippen LogP contribution in [-0.4, -0.2) is 173 Å². The number of nitrogens with zero attached hydrogens (tertiary/aromatic N) is 1. The Hall–Kier alpha value is -1.87. The van der Waals surface area contributed by atoms with Gasteiger partial charge in [-0.05, 0) is 124 Å². The summed E-state index contributed by atoms with van der Waals surface area (Å²) in [6.45, 7) is 10.3. The number of hydrogen-bond donors (Lipinski definition) is 4. The molecule has 0 radical (unpaired) electrons. The average Bonchev–Trinajstić information content (AvgIpc) is 3.80. The standard InChI is InChI=1S/C8H12F2O2.C8H14O3.C8H12O3.C7H10F2O3.C6H14F3NOS.C5H10O.3CH4.Li.H2O2.2H2O/c1-6(11)8(7(9)10)4-2-3-5-12-8;2*1-7(10)8(6-9)4-2-3-5-11-8;8-5(9)7(6(10)11)3-1-2-4-12-7;1-3-4-10(5-6-11-2)12(7,8)9;1-5-3-2-4-6-5;;;;;1-2;;/h7H,2-5H2,1H3;9H,2-6H2,1H3;6H,2-5H2,1H3;5H,1-4H2,(H,10,11);3-6H2,1-2H3;5H,2-4H2,1H3;3*1H4;;1-2H;2*1H2/q;;;;;;;;;+1;;;/p-1. The minimum absolute atomic E-state index is 0. The zero-order valence-electron chi connectivity index (χ0n) is 41.0. The molecular weight excluding hydrogens is 998 g/mol. The van der Waals surface area contributed by atoms with E-state index in [1.54, 1.807) is 6.92 Å². The molecule has 5 atom stereocenters. The van der Waals surface area contributed by atoms with Crippen molar-refractivity contribution in [1.82, 2.24) is 4.31 Å². The Bertz CT molecular complexity index is 1310. The van der Waals surface area contributed by atoms with Crippen LogP contribution in [0, 0.1) is 0 Å². The monoisotopic (exact) mass is 1090 g/mol. The number of aliphatic hydroxyl groups excluding tert-OH is 1. The van der Waals surface area contributed by atoms with Gasteiger partial charge in [-0.15, -0.1) is 11.7 Å². The van der Waals surface area contributed by atoms with Gasteiger partial charge in [0.2, 0.25) is 5.60 Å². The number of ether oxygens (including phenoxy) is 6. The molecule has 5 rings (SSSR count). The first-order valence-corrected chi connectivity index (χ1v) is 23.3. The van der Waals surface area contributed by atoms with Crippen molar-refractivity contribution in [2.45, 2.75) is 195 Å². The first-order valence-electron chi connectivity index (χ1n) is 22.0. The number of aliphatic carboxylic acids is 1. The second-order valence-corrected chi connectivity index (χ2v) is 17.1. The third kappa shape index (κ3) is 30.6. The Labute approximate surface area is 437 Å². The van der Waals surface area contributed by atoms with Crippen LogP contribution in [0.15, 0.2) is 0 Å². The first-order chi connectivity index (χ1) is 31.0. The molecule has 432 valence electrons. The number of hydrogen-bond acceptors (Lipinski definition) is 16. The number of Topliss-reactive ketones (excluding diaryl/α,β-unsaturated/α-hetero) is 3. The third-order valence-corrected chi connectivity index (χ3v) is 12.0. The fourth-order valence-electron chi connectivity index (χ4n) is 6.81. The topological polar surface area (TPSA) is 286 Å². The molecule has 5 aliphatic rings. The van der Waals surface area contributed by atoms with E-state index < -0.39 is 58.4 Å². The summed E-state index contributed by atoms with van der Waals surface area (Å²) in [6, 6.07) is 0. The van der Waals surface area contributed by atoms with Crippen molar-refractivity contribution >= 4 is 41.0 Å². The van der Waals surface area contributed by atoms with Crippen LogP contribution in [0.2, 0.25) is 0 Å². The first kappa shape index (κ1) is 86.8. The van der Waals surface area contributed by atoms with Gasteiger partial charge in [0, 0.05) is 53.2 Å². The van der Waals surface area contributed by atoms with E-state index >= 15 is 0 Å². The van der Waals surface area contributed by atoms with Gasteiger partial charge in [0.15, 0.2) is 34.8 Å². The van der Waals surface area contributed by atoms with E-state index in [1.807, 2.05) is 0 Å². The maximum Gasteiger partial charge on any atom is 1.00 e. The number of carbonyl (C=O) groups excluding carboxylic acids is 4. The SMILES string of the molecule is C.C.C.CC(=O)C1(C(F)F)CCCCO1.CC(=O)C1(C=O)CCCCO1.CC(=O)C1(CO)CCCCO1.CC1CCCO1.CCCN(CCOC)S(F)(F)F.O.O=C(O)C1(C(F)F)CCCCO1.OO.[Li+].[OH-]. The molecule has 27 heteroatoms. The van der Waals surface area contributed by atoms with E-state index in [1.165, 1.54) is 33.8 Å². The predicted octanol–water partition coefficient (Wildman–Crippen LogP) is 6.11. The molecule has 5 aliphatic heterocycles. The molecule has 0 bridgehead atoms. The fraction of sp³-hybridized carbons (Fsp3) is 0.889. The Balaban J connectivity index is -0.000000112. The summed E-state index contributed by atoms with van der Waals surface area (Å²) in [4.78, 5) is 54.1. The van der Waals surface area contributed by atoms with Crippen LogP contribution in [0.1, 0.15) is 153 Å². The van der Waals surface area contributed by atoms with Gasteiger partial charge in [-0.1, -0.05) is 29.2 Å². The molecule has 5 fully saturated rings. The molecule has 0 aromatic rings. The summed E-state index contributed by atoms with van der Waals surface area (Å²) in [5.41, 5.74) is -5.99. The van der Waals surface area contributed by atoms with Crippen molar-refractivity contribution in [3.05, 3.63) is 0 Å². The smallest absolute Gasteiger partial charge is 0.870 e. The largest absolute Gasteiger partial charge is 1.00 e. The van der Waals surface area contributed by atoms with Crippen molar-refractivity contribution in [2.24, 2.45) is 0 Å². The molecule has 5 saturated heterocycles. The minimum atomic E-state index is -5.05. The molecule has 0 spiro atoms. The number of rotatable bonds is 14. The summed E-state index contributed by atoms with van der Waals surface area (Å²) in [6.07, 6.45) is 6.20. The van der Waals surface area contributed by atoms with E-state index in [0.29, 0.717) is 68.4 Å². The second kappa shape index (κ2) is 46.4. The number of carboxylic acids is 1. The van der Waals surface area contributed by atoms with Gasteiger partial charge in [-0.2, -0.15) is 4.31 Å². The number of methoxy groups -OCH3 is 1. The van der Waals surface area contributed by atoms with Gasteiger partial charge in [0.1, 0.15) is 5.60 Å². The van der Waals surface area contributed by atoms with E-state index in [0.717, 1.165) is 45.6 Å². The molecule has 72 heavy (non-hydrogen) atoms. The van der Waals surface area contributed by atoms with Crippen LogP contribution >= 0.6 is 11.4 Å². The Morgan fingerprint density at radius 1 is 0.708 bits per heavy atom. The summed E-state index contributed by atoms with van der Waals surface area (Å²) in [5, 5.41) is 29.5. The number of carbonyl (C=O) groups is 5. The van der Waals surface area contributed by atoms with Gasteiger partial charge >= 0.3 is 24.8 Å². The predicted molar refractivity (Wildman–Crippen MR) is 255 cm³/mol. The van der Waals surface area contributed by atoms with Crippen LogP contribution in [0.5, 0.6) is 0 Å². The van der Waals surface area contributed by atoms with Gasteiger partial charge in [-0.25, -0.2) is 22.4 Å². The maximum absolute atomic E-state index is 12.5. The zero-order valence-corrected chi connectivity index (χ0v) is 41.8. The summed E-state index contributed by atoms with van der Waals surface area (Å²) in [7, 11) is 1.40. The molecule has 7 N–H and O–H groups in total. The summed E-state index contributed by atoms with van der Waals surface area (Å²) in [5.74, 6) is -2.35. The van der Waals surface area contributed by atoms with Crippen molar-refractivity contribution in [3.8, 4) is 0 Å². The molecule has 0 saturated carbocycles. The normalized spacial score (nSPS) is 25.1. The number of carboxylic acid groups (broad SMARTS) is 1. The molecule has 0 aliphatic carbocycles. The Morgan fingerprint density at radius 3 is 1.33 bits per heavy atom. The maximum atomic E-state index is 12.5. The van der Waals surface area contributed by atoms with Gasteiger partial charge in [0.25, 0.3) is 24.2 Å². The molecule has 18 nitrogen and oxygen atoms in total. The van der Waals surface area contributed by atoms with Gasteiger partial charge in [0.05, 0.1) is 19.3 Å². The Kier molecular flexibility index (Phi) is 56.0. The molecular formula is C45H89F7LiNO17S. The van der Waals surface area contributed by atoms with Crippen molar-refractivity contribution in [3.63, 3.8) is 0 Å². The number of ketones is 3. The van der Waals surface area contributed by atoms with Crippen LogP contribution < -0.4 is 18.9 Å². The quantitative estimate of drug-likeness (QED) is 0.0381. The number of aliphatic hydroxyl groups is 1. The Morgan fingerprint density at radius 2 is 1.15 bits per heavy atom. The molecule has 0 amide bonds. The zero-order chi connectivity index (χ0) is 51.0. The number of aldehydes is 1.